The van der Waals surface area contributed by atoms with Gasteiger partial charge in [-0.2, -0.15) is 0 Å². The largest absolute Gasteiger partial charge is 0.453 e. The molecule has 6 atom stereocenters. The number of aromatic amines is 2. The van der Waals surface area contributed by atoms with E-state index in [4.69, 9.17) is 19.4 Å². The Hall–Kier alpha value is -4.88. The minimum absolute atomic E-state index is 0.107. The summed E-state index contributed by atoms with van der Waals surface area (Å²) in [5, 5.41) is 5.45. The van der Waals surface area contributed by atoms with Gasteiger partial charge in [0, 0.05) is 24.2 Å². The molecule has 2 aliphatic carbocycles. The summed E-state index contributed by atoms with van der Waals surface area (Å²) in [5.41, 5.74) is 6.88. The Kier molecular flexibility index (Phi) is 10.2. The van der Waals surface area contributed by atoms with E-state index in [1.165, 1.54) is 25.3 Å². The summed E-state index contributed by atoms with van der Waals surface area (Å²) in [6, 6.07) is 2.55. The van der Waals surface area contributed by atoms with Gasteiger partial charge in [-0.15, -0.1) is 0 Å². The van der Waals surface area contributed by atoms with Gasteiger partial charge in [-0.05, 0) is 79.7 Å². The summed E-state index contributed by atoms with van der Waals surface area (Å²) >= 11 is 0. The molecule has 4 heterocycles. The second kappa shape index (κ2) is 14.9. The van der Waals surface area contributed by atoms with Crippen molar-refractivity contribution < 1.29 is 28.7 Å². The molecular formula is C39H52N8O6. The molecule has 2 unspecified atom stereocenters. The Labute approximate surface area is 310 Å². The van der Waals surface area contributed by atoms with Crippen molar-refractivity contribution in [3.05, 3.63) is 47.3 Å². The van der Waals surface area contributed by atoms with Crippen LogP contribution in [-0.2, 0) is 19.1 Å². The number of aromatic nitrogens is 4. The first-order chi connectivity index (χ1) is 25.5. The topological polar surface area (TPSA) is 175 Å². The molecule has 4 amide bonds. The molecule has 14 heteroatoms. The van der Waals surface area contributed by atoms with Crippen LogP contribution in [0.25, 0.3) is 22.5 Å². The van der Waals surface area contributed by atoms with Crippen molar-refractivity contribution in [1.29, 1.82) is 0 Å². The number of ether oxygens (including phenoxy) is 2. The zero-order valence-electron chi connectivity index (χ0n) is 31.5. The molecule has 0 radical (unpaired) electrons. The number of imidazole rings is 2. The van der Waals surface area contributed by atoms with Crippen LogP contribution in [0.2, 0.25) is 0 Å². The standard InChI is InChI=1S/C39H52N8O6/c1-20(2)32(44-38(50)52-5)36(48)46-15-7-9-28(46)34-40-18-26(42-34)24-13-14-25(31-23-12-11-22(17-23)30(24)31)27-19-41-35(43-27)29-10-8-16-47(29)37(49)33(21(3)4)45-39(51)53-6/h13-14,18-23,28-29,32-33H,7-12,15-17H2,1-6H3,(H,40,42)(H,41,43)(H,44,50)(H,45,51)/t22?,23?,28-,29-,32-,33-/m0/s1. The number of carbonyl (C=O) groups is 4. The number of hydrogen-bond donors (Lipinski definition) is 4. The molecule has 3 fully saturated rings. The Balaban J connectivity index is 1.14. The van der Waals surface area contributed by atoms with E-state index in [9.17, 15) is 19.2 Å². The third kappa shape index (κ3) is 6.76. The number of carbonyl (C=O) groups excluding carboxylic acids is 4. The van der Waals surface area contributed by atoms with Crippen LogP contribution in [-0.4, -0.2) is 93.1 Å². The monoisotopic (exact) mass is 728 g/mol. The highest BCUT2D eigenvalue weighted by Gasteiger charge is 2.43. The first-order valence-electron chi connectivity index (χ1n) is 19.1. The van der Waals surface area contributed by atoms with Gasteiger partial charge in [-0.3, -0.25) is 9.59 Å². The summed E-state index contributed by atoms with van der Waals surface area (Å²) in [6.45, 7) is 8.85. The van der Waals surface area contributed by atoms with E-state index in [1.807, 2.05) is 49.9 Å². The predicted octanol–water partition coefficient (Wildman–Crippen LogP) is 5.92. The third-order valence-electron chi connectivity index (χ3n) is 11.8. The lowest BCUT2D eigenvalue weighted by atomic mass is 9.83. The number of nitrogens with zero attached hydrogens (tertiary/aromatic N) is 4. The average molecular weight is 729 g/mol. The Morgan fingerprint density at radius 1 is 0.698 bits per heavy atom. The highest BCUT2D eigenvalue weighted by Crippen LogP contribution is 2.58. The minimum Gasteiger partial charge on any atom is -0.453 e. The van der Waals surface area contributed by atoms with E-state index < -0.39 is 24.3 Å². The van der Waals surface area contributed by atoms with Crippen molar-refractivity contribution >= 4 is 24.0 Å². The number of rotatable bonds is 10. The number of nitrogens with one attached hydrogen (secondary N) is 4. The molecule has 7 rings (SSSR count). The van der Waals surface area contributed by atoms with Crippen LogP contribution in [0.3, 0.4) is 0 Å². The molecule has 284 valence electrons. The second-order valence-corrected chi connectivity index (χ2v) is 15.7. The van der Waals surface area contributed by atoms with Crippen LogP contribution in [0.4, 0.5) is 9.59 Å². The van der Waals surface area contributed by atoms with E-state index >= 15 is 0 Å². The molecule has 2 bridgehead atoms. The van der Waals surface area contributed by atoms with Gasteiger partial charge in [0.2, 0.25) is 11.8 Å². The SMILES string of the molecule is COC(=O)N[C@H](C(=O)N1CCC[C@H]1c1ncc(-c2ccc(-c3cnc([C@@H]4CCCN4C(=O)[C@@H](NC(=O)OC)C(C)C)[nH]3)c3c2C2CCC3C2)[nH]1)C(C)C. The number of hydrogen-bond acceptors (Lipinski definition) is 8. The molecule has 1 aromatic carbocycles. The van der Waals surface area contributed by atoms with Crippen LogP contribution in [0, 0.1) is 11.8 Å². The van der Waals surface area contributed by atoms with Crippen molar-refractivity contribution in [1.82, 2.24) is 40.4 Å². The molecule has 3 aromatic rings. The summed E-state index contributed by atoms with van der Waals surface area (Å²) in [6.07, 6.45) is 9.23. The fourth-order valence-electron chi connectivity index (χ4n) is 9.16. The van der Waals surface area contributed by atoms with Gasteiger partial charge in [-0.25, -0.2) is 19.6 Å². The van der Waals surface area contributed by atoms with Crippen LogP contribution < -0.4 is 10.6 Å². The Morgan fingerprint density at radius 3 is 1.49 bits per heavy atom. The molecule has 4 N–H and O–H groups in total. The van der Waals surface area contributed by atoms with E-state index in [0.717, 1.165) is 79.1 Å². The normalized spacial score (nSPS) is 23.0. The molecule has 2 saturated heterocycles. The number of likely N-dealkylation sites (tertiary alicyclic amines) is 2. The fourth-order valence-corrected chi connectivity index (χ4v) is 9.16. The maximum atomic E-state index is 13.7. The fraction of sp³-hybridized carbons (Fsp3) is 0.590. The maximum Gasteiger partial charge on any atom is 0.407 e. The van der Waals surface area contributed by atoms with Crippen molar-refractivity contribution in [3.63, 3.8) is 0 Å². The van der Waals surface area contributed by atoms with Crippen LogP contribution >= 0.6 is 0 Å². The molecule has 14 nitrogen and oxygen atoms in total. The highest BCUT2D eigenvalue weighted by atomic mass is 16.5. The Bertz CT molecular complexity index is 1740. The van der Waals surface area contributed by atoms with Gasteiger partial charge in [0.05, 0.1) is 50.1 Å². The molecule has 1 saturated carbocycles. The zero-order chi connectivity index (χ0) is 37.6. The minimum atomic E-state index is -0.690. The first kappa shape index (κ1) is 36.5. The number of H-pyrrole nitrogens is 2. The highest BCUT2D eigenvalue weighted by molar-refractivity contribution is 5.87. The van der Waals surface area contributed by atoms with Crippen molar-refractivity contribution in [2.75, 3.05) is 27.3 Å². The Morgan fingerprint density at radius 2 is 1.11 bits per heavy atom. The van der Waals surface area contributed by atoms with Gasteiger partial charge in [0.1, 0.15) is 23.7 Å². The van der Waals surface area contributed by atoms with Gasteiger partial charge in [-0.1, -0.05) is 39.8 Å². The number of amides is 4. The number of methoxy groups -OCH3 is 2. The van der Waals surface area contributed by atoms with Crippen molar-refractivity contribution in [2.45, 2.75) is 109 Å². The van der Waals surface area contributed by atoms with E-state index in [2.05, 4.69) is 32.7 Å². The molecule has 53 heavy (non-hydrogen) atoms. The van der Waals surface area contributed by atoms with Crippen molar-refractivity contribution in [3.8, 4) is 22.5 Å². The van der Waals surface area contributed by atoms with Gasteiger partial charge >= 0.3 is 12.2 Å². The molecule has 2 aliphatic heterocycles. The number of fused-ring (bicyclic) bond motifs is 5. The van der Waals surface area contributed by atoms with Gasteiger partial charge in [0.25, 0.3) is 0 Å². The van der Waals surface area contributed by atoms with Crippen LogP contribution in [0.15, 0.2) is 24.5 Å². The average Bonchev–Trinajstić information content (AvgIpc) is 4.01. The lowest BCUT2D eigenvalue weighted by molar-refractivity contribution is -0.136. The predicted molar refractivity (Wildman–Crippen MR) is 197 cm³/mol. The molecular weight excluding hydrogens is 676 g/mol. The third-order valence-corrected chi connectivity index (χ3v) is 11.8. The lowest BCUT2D eigenvalue weighted by Crippen LogP contribution is -2.51. The summed E-state index contributed by atoms with van der Waals surface area (Å²) in [4.78, 5) is 72.1. The van der Waals surface area contributed by atoms with Gasteiger partial charge < -0.3 is 39.9 Å². The lowest BCUT2D eigenvalue weighted by Gasteiger charge is -2.30. The van der Waals surface area contributed by atoms with E-state index in [-0.39, 0.29) is 35.7 Å². The van der Waals surface area contributed by atoms with Crippen molar-refractivity contribution in [2.24, 2.45) is 11.8 Å². The number of alkyl carbamates (subject to hydrolysis) is 2. The summed E-state index contributed by atoms with van der Waals surface area (Å²) in [7, 11) is 2.60. The quantitative estimate of drug-likeness (QED) is 0.199. The van der Waals surface area contributed by atoms with Crippen LogP contribution in [0.1, 0.15) is 119 Å². The smallest absolute Gasteiger partial charge is 0.407 e. The summed E-state index contributed by atoms with van der Waals surface area (Å²) < 4.78 is 9.59. The summed E-state index contributed by atoms with van der Waals surface area (Å²) in [5.74, 6) is 1.95. The number of benzene rings is 1. The second-order valence-electron chi connectivity index (χ2n) is 15.7. The molecule has 2 aromatic heterocycles. The zero-order valence-corrected chi connectivity index (χ0v) is 31.5. The van der Waals surface area contributed by atoms with Crippen LogP contribution in [0.5, 0.6) is 0 Å². The van der Waals surface area contributed by atoms with E-state index in [1.54, 1.807) is 0 Å². The molecule has 0 spiro atoms. The first-order valence-corrected chi connectivity index (χ1v) is 19.1. The maximum absolute atomic E-state index is 13.7. The van der Waals surface area contributed by atoms with E-state index in [0.29, 0.717) is 24.9 Å². The van der Waals surface area contributed by atoms with Gasteiger partial charge in [0.15, 0.2) is 0 Å². The molecule has 4 aliphatic rings.